The lowest BCUT2D eigenvalue weighted by Crippen LogP contribution is -2.41. The Morgan fingerprint density at radius 3 is 2.35 bits per heavy atom. The number of phenolic OH excluding ortho intramolecular Hbond substituents is 1. The first-order valence-corrected chi connectivity index (χ1v) is 6.71. The van der Waals surface area contributed by atoms with Gasteiger partial charge in [0.2, 0.25) is 0 Å². The van der Waals surface area contributed by atoms with Crippen LogP contribution >= 0.6 is 0 Å². The van der Waals surface area contributed by atoms with Crippen LogP contribution in [0.25, 0.3) is 0 Å². The van der Waals surface area contributed by atoms with Crippen LogP contribution in [0.4, 0.5) is 5.69 Å². The molecule has 0 fully saturated rings. The molecule has 1 aromatic carbocycles. The third-order valence-corrected chi connectivity index (χ3v) is 2.99. The molecule has 1 rings (SSSR count). The van der Waals surface area contributed by atoms with E-state index < -0.39 is 4.92 Å². The summed E-state index contributed by atoms with van der Waals surface area (Å²) in [5.41, 5.74) is 0.553. The highest BCUT2D eigenvalue weighted by atomic mass is 16.6. The highest BCUT2D eigenvalue weighted by molar-refractivity contribution is 5.44. The second-order valence-electron chi connectivity index (χ2n) is 7.04. The first-order valence-electron chi connectivity index (χ1n) is 6.71. The van der Waals surface area contributed by atoms with Gasteiger partial charge in [-0.1, -0.05) is 20.8 Å². The molecule has 0 aliphatic heterocycles. The molecule has 0 heterocycles. The van der Waals surface area contributed by atoms with Gasteiger partial charge in [0, 0.05) is 23.7 Å². The fourth-order valence-corrected chi connectivity index (χ4v) is 2.61. The van der Waals surface area contributed by atoms with Crippen LogP contribution in [-0.2, 0) is 6.54 Å². The van der Waals surface area contributed by atoms with E-state index in [1.165, 1.54) is 18.2 Å². The van der Waals surface area contributed by atoms with E-state index in [-0.39, 0.29) is 22.4 Å². The van der Waals surface area contributed by atoms with Crippen LogP contribution in [0.1, 0.15) is 46.6 Å². The number of nitrogens with zero attached hydrogens (tertiary/aromatic N) is 1. The predicted molar refractivity (Wildman–Crippen MR) is 79.8 cm³/mol. The molecule has 0 bridgehead atoms. The molecule has 0 atom stereocenters. The van der Waals surface area contributed by atoms with Gasteiger partial charge in [0.05, 0.1) is 4.92 Å². The average molecular weight is 280 g/mol. The number of nitrogens with one attached hydrogen (secondary N) is 1. The standard InChI is InChI=1S/C15H24N2O3/c1-14(2,3)10-15(4,5)16-9-11-8-12(18)6-7-13(11)17(19)20/h6-8,16,18H,9-10H2,1-5H3. The van der Waals surface area contributed by atoms with Gasteiger partial charge in [-0.2, -0.15) is 0 Å². The zero-order valence-electron chi connectivity index (χ0n) is 12.9. The van der Waals surface area contributed by atoms with E-state index in [9.17, 15) is 15.2 Å². The summed E-state index contributed by atoms with van der Waals surface area (Å²) >= 11 is 0. The average Bonchev–Trinajstić information content (AvgIpc) is 2.22. The Morgan fingerprint density at radius 2 is 1.85 bits per heavy atom. The summed E-state index contributed by atoms with van der Waals surface area (Å²) < 4.78 is 0. The van der Waals surface area contributed by atoms with Crippen LogP contribution in [0.5, 0.6) is 5.75 Å². The predicted octanol–water partition coefficient (Wildman–Crippen LogP) is 3.60. The molecule has 2 N–H and O–H groups in total. The number of hydrogen-bond donors (Lipinski definition) is 2. The summed E-state index contributed by atoms with van der Waals surface area (Å²) in [5.74, 6) is 0.0426. The van der Waals surface area contributed by atoms with Gasteiger partial charge in [-0.25, -0.2) is 0 Å². The van der Waals surface area contributed by atoms with Crippen molar-refractivity contribution in [2.45, 2.75) is 53.1 Å². The molecule has 5 nitrogen and oxygen atoms in total. The Labute approximate surface area is 120 Å². The zero-order valence-corrected chi connectivity index (χ0v) is 12.9. The Hall–Kier alpha value is -1.62. The molecule has 0 unspecified atom stereocenters. The molecular formula is C15H24N2O3. The lowest BCUT2D eigenvalue weighted by Gasteiger charge is -2.33. The van der Waals surface area contributed by atoms with Gasteiger partial charge in [0.1, 0.15) is 5.75 Å². The second-order valence-corrected chi connectivity index (χ2v) is 7.04. The lowest BCUT2D eigenvalue weighted by molar-refractivity contribution is -0.385. The Balaban J connectivity index is 2.84. The van der Waals surface area contributed by atoms with Crippen molar-refractivity contribution in [2.75, 3.05) is 0 Å². The van der Waals surface area contributed by atoms with Crippen molar-refractivity contribution in [3.63, 3.8) is 0 Å². The van der Waals surface area contributed by atoms with E-state index in [2.05, 4.69) is 39.9 Å². The molecule has 0 amide bonds. The minimum Gasteiger partial charge on any atom is -0.508 e. The van der Waals surface area contributed by atoms with Crippen LogP contribution in [0.2, 0.25) is 0 Å². The van der Waals surface area contributed by atoms with E-state index in [4.69, 9.17) is 0 Å². The molecule has 0 aliphatic carbocycles. The van der Waals surface area contributed by atoms with Gasteiger partial charge < -0.3 is 10.4 Å². The lowest BCUT2D eigenvalue weighted by atomic mass is 9.81. The summed E-state index contributed by atoms with van der Waals surface area (Å²) in [6.07, 6.45) is 0.937. The van der Waals surface area contributed by atoms with Gasteiger partial charge in [0.15, 0.2) is 0 Å². The van der Waals surface area contributed by atoms with Gasteiger partial charge >= 0.3 is 0 Å². The third-order valence-electron chi connectivity index (χ3n) is 2.99. The van der Waals surface area contributed by atoms with Crippen LogP contribution in [0.3, 0.4) is 0 Å². The van der Waals surface area contributed by atoms with Crippen molar-refractivity contribution in [3.05, 3.63) is 33.9 Å². The Morgan fingerprint density at radius 1 is 1.25 bits per heavy atom. The maximum Gasteiger partial charge on any atom is 0.274 e. The zero-order chi connectivity index (χ0) is 15.6. The smallest absolute Gasteiger partial charge is 0.274 e. The van der Waals surface area contributed by atoms with E-state index in [0.29, 0.717) is 12.1 Å². The first-order chi connectivity index (χ1) is 9.00. The number of phenols is 1. The molecule has 5 heteroatoms. The molecule has 1 aromatic rings. The molecule has 0 spiro atoms. The minimum absolute atomic E-state index is 0.0295. The number of hydrogen-bond acceptors (Lipinski definition) is 4. The van der Waals surface area contributed by atoms with Crippen molar-refractivity contribution in [3.8, 4) is 5.75 Å². The van der Waals surface area contributed by atoms with E-state index in [0.717, 1.165) is 6.42 Å². The molecular weight excluding hydrogens is 256 g/mol. The van der Waals surface area contributed by atoms with Gasteiger partial charge in [-0.05, 0) is 37.8 Å². The monoisotopic (exact) mass is 280 g/mol. The van der Waals surface area contributed by atoms with Crippen molar-refractivity contribution in [2.24, 2.45) is 5.41 Å². The Bertz CT molecular complexity index is 490. The molecule has 0 radical (unpaired) electrons. The number of aromatic hydroxyl groups is 1. The topological polar surface area (TPSA) is 75.4 Å². The van der Waals surface area contributed by atoms with Gasteiger partial charge in [0.25, 0.3) is 5.69 Å². The first kappa shape index (κ1) is 16.4. The van der Waals surface area contributed by atoms with Crippen molar-refractivity contribution in [1.82, 2.24) is 5.32 Å². The van der Waals surface area contributed by atoms with Crippen LogP contribution in [-0.4, -0.2) is 15.6 Å². The van der Waals surface area contributed by atoms with Crippen molar-refractivity contribution in [1.29, 1.82) is 0 Å². The van der Waals surface area contributed by atoms with E-state index in [1.807, 2.05) is 0 Å². The van der Waals surface area contributed by atoms with E-state index in [1.54, 1.807) is 0 Å². The molecule has 0 saturated carbocycles. The van der Waals surface area contributed by atoms with Gasteiger partial charge in [-0.15, -0.1) is 0 Å². The summed E-state index contributed by atoms with van der Waals surface area (Å²) in [6.45, 7) is 11.0. The minimum atomic E-state index is -0.423. The third kappa shape index (κ3) is 5.17. The number of rotatable bonds is 5. The summed E-state index contributed by atoms with van der Waals surface area (Å²) in [7, 11) is 0. The number of nitro benzene ring substituents is 1. The summed E-state index contributed by atoms with van der Waals surface area (Å²) in [5, 5.41) is 23.8. The van der Waals surface area contributed by atoms with Crippen molar-refractivity contribution >= 4 is 5.69 Å². The van der Waals surface area contributed by atoms with E-state index >= 15 is 0 Å². The fourth-order valence-electron chi connectivity index (χ4n) is 2.61. The van der Waals surface area contributed by atoms with Crippen LogP contribution in [0.15, 0.2) is 18.2 Å². The van der Waals surface area contributed by atoms with Crippen LogP contribution < -0.4 is 5.32 Å². The largest absolute Gasteiger partial charge is 0.508 e. The Kier molecular flexibility index (Phi) is 4.76. The molecule has 0 saturated heterocycles. The summed E-state index contributed by atoms with van der Waals surface area (Å²) in [6, 6.07) is 4.11. The maximum atomic E-state index is 11.0. The SMILES string of the molecule is CC(C)(C)CC(C)(C)NCc1cc(O)ccc1[N+](=O)[O-]. The quantitative estimate of drug-likeness (QED) is 0.638. The highest BCUT2D eigenvalue weighted by Gasteiger charge is 2.25. The van der Waals surface area contributed by atoms with Crippen molar-refractivity contribution < 1.29 is 10.0 Å². The molecule has 112 valence electrons. The highest BCUT2D eigenvalue weighted by Crippen LogP contribution is 2.28. The molecule has 20 heavy (non-hydrogen) atoms. The number of nitro groups is 1. The normalized spacial score (nSPS) is 12.4. The fraction of sp³-hybridized carbons (Fsp3) is 0.600. The van der Waals surface area contributed by atoms with Crippen LogP contribution in [0, 0.1) is 15.5 Å². The molecule has 0 aromatic heterocycles. The maximum absolute atomic E-state index is 11.0. The van der Waals surface area contributed by atoms with Gasteiger partial charge in [-0.3, -0.25) is 10.1 Å². The second kappa shape index (κ2) is 5.79. The number of benzene rings is 1. The summed E-state index contributed by atoms with van der Waals surface area (Å²) in [4.78, 5) is 10.6. The molecule has 0 aliphatic rings.